The van der Waals surface area contributed by atoms with Gasteiger partial charge >= 0.3 is 0 Å². The highest BCUT2D eigenvalue weighted by Gasteiger charge is 2.23. The number of carbonyl (C=O) groups is 3. The number of benzene rings is 2. The van der Waals surface area contributed by atoms with E-state index in [1.165, 1.54) is 23.1 Å². The molecule has 0 saturated carbocycles. The van der Waals surface area contributed by atoms with Gasteiger partial charge in [0.05, 0.1) is 10.4 Å². The topological polar surface area (TPSA) is 85.9 Å². The number of rotatable bonds is 6. The van der Waals surface area contributed by atoms with Crippen molar-refractivity contribution in [2.24, 2.45) is 0 Å². The van der Waals surface area contributed by atoms with Crippen LogP contribution in [0.15, 0.2) is 51.7 Å². The van der Waals surface area contributed by atoms with Crippen molar-refractivity contribution in [2.45, 2.75) is 36.3 Å². The first-order valence-electron chi connectivity index (χ1n) is 12.5. The summed E-state index contributed by atoms with van der Waals surface area (Å²) in [6.07, 6.45) is 2.51. The number of anilines is 2. The molecule has 2 heterocycles. The van der Waals surface area contributed by atoms with Gasteiger partial charge in [-0.05, 0) is 61.7 Å². The number of amides is 3. The third-order valence-electron chi connectivity index (χ3n) is 6.54. The fourth-order valence-electron chi connectivity index (χ4n) is 4.33. The third kappa shape index (κ3) is 6.54. The molecule has 0 aliphatic carbocycles. The van der Waals surface area contributed by atoms with E-state index in [0.717, 1.165) is 32.3 Å². The molecule has 10 heteroatoms. The van der Waals surface area contributed by atoms with Crippen LogP contribution in [0.25, 0.3) is 0 Å². The molecule has 0 spiro atoms. The van der Waals surface area contributed by atoms with E-state index in [1.807, 2.05) is 62.0 Å². The van der Waals surface area contributed by atoms with Gasteiger partial charge in [-0.2, -0.15) is 0 Å². The molecular formula is C28H33N5O3S2. The van der Waals surface area contributed by atoms with E-state index < -0.39 is 0 Å². The lowest BCUT2D eigenvalue weighted by Gasteiger charge is -2.23. The van der Waals surface area contributed by atoms with Crippen molar-refractivity contribution in [3.05, 3.63) is 64.8 Å². The summed E-state index contributed by atoms with van der Waals surface area (Å²) in [5.41, 5.74) is 4.27. The van der Waals surface area contributed by atoms with E-state index in [1.54, 1.807) is 30.2 Å². The van der Waals surface area contributed by atoms with Crippen LogP contribution in [0.2, 0.25) is 0 Å². The van der Waals surface area contributed by atoms with E-state index in [2.05, 4.69) is 10.3 Å². The largest absolute Gasteiger partial charge is 0.378 e. The molecule has 1 aromatic heterocycles. The maximum Gasteiger partial charge on any atom is 0.257 e. The number of thiazole rings is 1. The molecule has 3 amide bonds. The second-order valence-corrected chi connectivity index (χ2v) is 11.9. The molecule has 200 valence electrons. The van der Waals surface area contributed by atoms with Crippen LogP contribution in [-0.2, 0) is 4.79 Å². The van der Waals surface area contributed by atoms with E-state index in [9.17, 15) is 14.4 Å². The average Bonchev–Trinajstić information content (AvgIpc) is 3.16. The van der Waals surface area contributed by atoms with Crippen molar-refractivity contribution in [3.8, 4) is 0 Å². The molecule has 0 radical (unpaired) electrons. The normalized spacial score (nSPS) is 13.7. The number of hydrogen-bond acceptors (Lipinski definition) is 7. The Morgan fingerprint density at radius 3 is 2.34 bits per heavy atom. The molecule has 1 fully saturated rings. The maximum absolute atomic E-state index is 13.4. The van der Waals surface area contributed by atoms with Crippen molar-refractivity contribution < 1.29 is 14.4 Å². The van der Waals surface area contributed by atoms with Crippen molar-refractivity contribution >= 4 is 51.6 Å². The molecule has 2 aromatic carbocycles. The number of carbonyl (C=O) groups excluding carboxylic acids is 3. The maximum atomic E-state index is 13.4. The molecule has 8 nitrogen and oxygen atoms in total. The van der Waals surface area contributed by atoms with Gasteiger partial charge in [-0.3, -0.25) is 19.7 Å². The first kappa shape index (κ1) is 27.7. The van der Waals surface area contributed by atoms with Gasteiger partial charge in [0.1, 0.15) is 0 Å². The summed E-state index contributed by atoms with van der Waals surface area (Å²) in [7, 11) is 3.91. The smallest absolute Gasteiger partial charge is 0.257 e. The lowest BCUT2D eigenvalue weighted by atomic mass is 10.0. The first-order chi connectivity index (χ1) is 18.1. The fraction of sp³-hybridized carbons (Fsp3) is 0.357. The molecule has 0 bridgehead atoms. The zero-order valence-corrected chi connectivity index (χ0v) is 24.0. The molecule has 0 unspecified atom stereocenters. The van der Waals surface area contributed by atoms with Crippen molar-refractivity contribution in [2.75, 3.05) is 50.5 Å². The summed E-state index contributed by atoms with van der Waals surface area (Å²) >= 11 is 2.93. The van der Waals surface area contributed by atoms with Crippen LogP contribution in [0.4, 0.5) is 10.8 Å². The summed E-state index contributed by atoms with van der Waals surface area (Å²) in [5.74, 6) is -0.166. The van der Waals surface area contributed by atoms with Crippen molar-refractivity contribution in [1.82, 2.24) is 14.8 Å². The summed E-state index contributed by atoms with van der Waals surface area (Å²) in [5, 5.41) is 3.40. The third-order valence-corrected chi connectivity index (χ3v) is 8.72. The Bertz CT molecular complexity index is 1340. The highest BCUT2D eigenvalue weighted by Crippen LogP contribution is 2.37. The quantitative estimate of drug-likeness (QED) is 0.468. The number of aryl methyl sites for hydroxylation is 2. The molecule has 1 saturated heterocycles. The van der Waals surface area contributed by atoms with Crippen LogP contribution in [0.5, 0.6) is 0 Å². The summed E-state index contributed by atoms with van der Waals surface area (Å²) in [6, 6.07) is 11.4. The number of aromatic nitrogens is 1. The standard InChI is InChI=1S/C28H33N5O3S2/c1-18-15-19(2)24(16-23(18)27(36)33-12-6-11-32(13-14-33)20(3)34)37-25-17-29-28(38-25)30-26(35)21-7-9-22(10-8-21)31(4)5/h7-10,15-17H,6,11-14H2,1-5H3,(H,29,30,35). The fourth-order valence-corrected chi connectivity index (χ4v) is 6.27. The lowest BCUT2D eigenvalue weighted by Crippen LogP contribution is -2.36. The molecule has 1 aliphatic rings. The summed E-state index contributed by atoms with van der Waals surface area (Å²) < 4.78 is 0.917. The molecule has 0 atom stereocenters. The van der Waals surface area contributed by atoms with Gasteiger partial charge in [-0.1, -0.05) is 29.2 Å². The molecule has 4 rings (SSSR count). The molecule has 1 aliphatic heterocycles. The number of nitrogens with zero attached hydrogens (tertiary/aromatic N) is 4. The Labute approximate surface area is 232 Å². The lowest BCUT2D eigenvalue weighted by molar-refractivity contribution is -0.128. The monoisotopic (exact) mass is 551 g/mol. The Kier molecular flexibility index (Phi) is 8.73. The average molecular weight is 552 g/mol. The van der Waals surface area contributed by atoms with Crippen LogP contribution in [-0.4, -0.2) is 72.8 Å². The van der Waals surface area contributed by atoms with Crippen molar-refractivity contribution in [3.63, 3.8) is 0 Å². The molecule has 1 N–H and O–H groups in total. The second kappa shape index (κ2) is 12.0. The predicted octanol–water partition coefficient (Wildman–Crippen LogP) is 4.92. The molecule has 3 aromatic rings. The minimum atomic E-state index is -0.207. The minimum Gasteiger partial charge on any atom is -0.378 e. The molecular weight excluding hydrogens is 518 g/mol. The van der Waals surface area contributed by atoms with Crippen LogP contribution >= 0.6 is 23.1 Å². The van der Waals surface area contributed by atoms with Gasteiger partial charge in [0.2, 0.25) is 5.91 Å². The second-order valence-electron chi connectivity index (χ2n) is 9.57. The van der Waals surface area contributed by atoms with E-state index in [0.29, 0.717) is 42.4 Å². The minimum absolute atomic E-state index is 0.00713. The van der Waals surface area contributed by atoms with Crippen molar-refractivity contribution in [1.29, 1.82) is 0 Å². The van der Waals surface area contributed by atoms with Crippen LogP contribution in [0.1, 0.15) is 45.2 Å². The van der Waals surface area contributed by atoms with Gasteiger partial charge in [-0.25, -0.2) is 4.98 Å². The Morgan fingerprint density at radius 2 is 1.66 bits per heavy atom. The zero-order valence-electron chi connectivity index (χ0n) is 22.4. The van der Waals surface area contributed by atoms with E-state index >= 15 is 0 Å². The van der Waals surface area contributed by atoms with Crippen LogP contribution in [0.3, 0.4) is 0 Å². The Balaban J connectivity index is 1.45. The molecule has 38 heavy (non-hydrogen) atoms. The zero-order chi connectivity index (χ0) is 27.4. The summed E-state index contributed by atoms with van der Waals surface area (Å²) in [6.45, 7) is 7.96. The Morgan fingerprint density at radius 1 is 0.974 bits per heavy atom. The van der Waals surface area contributed by atoms with Gasteiger partial charge in [0.25, 0.3) is 11.8 Å². The number of hydrogen-bond donors (Lipinski definition) is 1. The van der Waals surface area contributed by atoms with Crippen LogP contribution < -0.4 is 10.2 Å². The van der Waals surface area contributed by atoms with Gasteiger partial charge in [0.15, 0.2) is 5.13 Å². The highest BCUT2D eigenvalue weighted by molar-refractivity contribution is 8.01. The van der Waals surface area contributed by atoms with Gasteiger partial charge in [-0.15, -0.1) is 0 Å². The number of nitrogens with one attached hydrogen (secondary N) is 1. The van der Waals surface area contributed by atoms with E-state index in [-0.39, 0.29) is 17.7 Å². The predicted molar refractivity (Wildman–Crippen MR) is 154 cm³/mol. The Hall–Kier alpha value is -3.37. The van der Waals surface area contributed by atoms with Crippen LogP contribution in [0, 0.1) is 13.8 Å². The highest BCUT2D eigenvalue weighted by atomic mass is 32.2. The van der Waals surface area contributed by atoms with Gasteiger partial charge < -0.3 is 14.7 Å². The first-order valence-corrected chi connectivity index (χ1v) is 14.1. The van der Waals surface area contributed by atoms with E-state index in [4.69, 9.17) is 0 Å². The SMILES string of the molecule is CC(=O)N1CCCN(C(=O)c2cc(Sc3cnc(NC(=O)c4ccc(N(C)C)cc4)s3)c(C)cc2C)CC1. The van der Waals surface area contributed by atoms with Gasteiger partial charge in [0, 0.05) is 68.9 Å². The summed E-state index contributed by atoms with van der Waals surface area (Å²) in [4.78, 5) is 48.9.